The molecule has 1 aromatic rings. The lowest BCUT2D eigenvalue weighted by molar-refractivity contribution is -0.118. The number of nitrogens with zero attached hydrogens (tertiary/aromatic N) is 1. The molecule has 0 atom stereocenters. The molecule has 1 rings (SSSR count). The topological polar surface area (TPSA) is 79.3 Å². The summed E-state index contributed by atoms with van der Waals surface area (Å²) in [4.78, 5) is 26.2. The maximum absolute atomic E-state index is 11.5. The maximum Gasteiger partial charge on any atom is 0.335 e. The zero-order chi connectivity index (χ0) is 13.5. The van der Waals surface area contributed by atoms with E-state index in [0.717, 1.165) is 0 Å². The van der Waals surface area contributed by atoms with Crippen molar-refractivity contribution in [2.45, 2.75) is 18.9 Å². The summed E-state index contributed by atoms with van der Waals surface area (Å²) in [6, 6.07) is 2.88. The lowest BCUT2D eigenvalue weighted by atomic mass is 10.2. The van der Waals surface area contributed by atoms with Crippen molar-refractivity contribution in [2.24, 2.45) is 5.92 Å². The Balaban J connectivity index is 2.46. The Morgan fingerprint density at radius 1 is 1.50 bits per heavy atom. The van der Waals surface area contributed by atoms with E-state index < -0.39 is 5.97 Å². The number of amides is 1. The molecule has 0 aromatic carbocycles. The van der Waals surface area contributed by atoms with Crippen molar-refractivity contribution in [1.82, 2.24) is 10.3 Å². The van der Waals surface area contributed by atoms with Crippen molar-refractivity contribution in [3.63, 3.8) is 0 Å². The van der Waals surface area contributed by atoms with E-state index in [0.29, 0.717) is 17.5 Å². The van der Waals surface area contributed by atoms with Crippen molar-refractivity contribution >= 4 is 23.6 Å². The normalized spacial score (nSPS) is 10.4. The highest BCUT2D eigenvalue weighted by Gasteiger charge is 2.07. The van der Waals surface area contributed by atoms with E-state index in [1.54, 1.807) is 0 Å². The lowest BCUT2D eigenvalue weighted by Crippen LogP contribution is -2.28. The Morgan fingerprint density at radius 2 is 2.22 bits per heavy atom. The number of rotatable bonds is 6. The number of hydrogen-bond acceptors (Lipinski definition) is 4. The quantitative estimate of drug-likeness (QED) is 0.767. The first kappa shape index (κ1) is 14.5. The smallest absolute Gasteiger partial charge is 0.335 e. The third kappa shape index (κ3) is 5.18. The Labute approximate surface area is 110 Å². The molecule has 0 saturated heterocycles. The van der Waals surface area contributed by atoms with Gasteiger partial charge >= 0.3 is 5.97 Å². The molecule has 0 spiro atoms. The van der Waals surface area contributed by atoms with Gasteiger partial charge in [-0.3, -0.25) is 4.79 Å². The van der Waals surface area contributed by atoms with Crippen LogP contribution in [-0.2, 0) is 4.79 Å². The first-order valence-corrected chi connectivity index (χ1v) is 6.56. The zero-order valence-corrected chi connectivity index (χ0v) is 11.2. The molecule has 0 aliphatic rings. The molecule has 0 aliphatic heterocycles. The van der Waals surface area contributed by atoms with E-state index in [1.165, 1.54) is 30.1 Å². The molecule has 0 bridgehead atoms. The van der Waals surface area contributed by atoms with Crippen molar-refractivity contribution in [3.05, 3.63) is 23.9 Å². The standard InChI is InChI=1S/C12H16N2O3S/c1-8(2)6-14-10(15)7-18-11-5-9(12(16)17)3-4-13-11/h3-5,8H,6-7H2,1-2H3,(H,14,15)(H,16,17). The minimum absolute atomic E-state index is 0.0729. The molecule has 1 heterocycles. The summed E-state index contributed by atoms with van der Waals surface area (Å²) in [5.74, 6) is -0.421. The highest BCUT2D eigenvalue weighted by atomic mass is 32.2. The average molecular weight is 268 g/mol. The molecule has 0 saturated carbocycles. The molecule has 0 radical (unpaired) electrons. The fraction of sp³-hybridized carbons (Fsp3) is 0.417. The molecule has 1 aromatic heterocycles. The van der Waals surface area contributed by atoms with Crippen LogP contribution in [0.25, 0.3) is 0 Å². The Kier molecular flexibility index (Phi) is 5.64. The van der Waals surface area contributed by atoms with E-state index in [1.807, 2.05) is 13.8 Å². The molecular formula is C12H16N2O3S. The van der Waals surface area contributed by atoms with E-state index in [9.17, 15) is 9.59 Å². The van der Waals surface area contributed by atoms with Crippen LogP contribution in [0.2, 0.25) is 0 Å². The molecule has 6 heteroatoms. The predicted molar refractivity (Wildman–Crippen MR) is 69.8 cm³/mol. The van der Waals surface area contributed by atoms with Crippen LogP contribution in [0.15, 0.2) is 23.4 Å². The van der Waals surface area contributed by atoms with Crippen LogP contribution in [0.4, 0.5) is 0 Å². The summed E-state index contributed by atoms with van der Waals surface area (Å²) in [6.07, 6.45) is 1.43. The fourth-order valence-corrected chi connectivity index (χ4v) is 1.86. The molecule has 1 amide bonds. The van der Waals surface area contributed by atoms with Gasteiger partial charge in [0.25, 0.3) is 0 Å². The van der Waals surface area contributed by atoms with E-state index in [2.05, 4.69) is 10.3 Å². The van der Waals surface area contributed by atoms with Crippen molar-refractivity contribution in [2.75, 3.05) is 12.3 Å². The molecule has 0 fully saturated rings. The number of pyridine rings is 1. The average Bonchev–Trinajstić information content (AvgIpc) is 2.34. The molecule has 2 N–H and O–H groups in total. The summed E-state index contributed by atoms with van der Waals surface area (Å²) >= 11 is 1.23. The van der Waals surface area contributed by atoms with Gasteiger partial charge in [-0.25, -0.2) is 9.78 Å². The fourth-order valence-electron chi connectivity index (χ4n) is 1.13. The van der Waals surface area contributed by atoms with E-state index in [4.69, 9.17) is 5.11 Å². The monoisotopic (exact) mass is 268 g/mol. The second-order valence-corrected chi connectivity index (χ2v) is 5.17. The summed E-state index contributed by atoms with van der Waals surface area (Å²) < 4.78 is 0. The molecule has 18 heavy (non-hydrogen) atoms. The molecular weight excluding hydrogens is 252 g/mol. The zero-order valence-electron chi connectivity index (χ0n) is 10.3. The highest BCUT2D eigenvalue weighted by Crippen LogP contribution is 2.15. The molecule has 0 unspecified atom stereocenters. The van der Waals surface area contributed by atoms with E-state index in [-0.39, 0.29) is 17.2 Å². The second kappa shape index (κ2) is 7.00. The predicted octanol–water partition coefficient (Wildman–Crippen LogP) is 1.64. The van der Waals surface area contributed by atoms with Crippen LogP contribution < -0.4 is 5.32 Å². The Morgan fingerprint density at radius 3 is 2.83 bits per heavy atom. The van der Waals surface area contributed by atoms with Crippen molar-refractivity contribution < 1.29 is 14.7 Å². The number of nitrogens with one attached hydrogen (secondary N) is 1. The minimum atomic E-state index is -0.997. The molecule has 0 aliphatic carbocycles. The Bertz CT molecular complexity index is 435. The summed E-state index contributed by atoms with van der Waals surface area (Å²) in [6.45, 7) is 4.68. The number of carbonyl (C=O) groups is 2. The van der Waals surface area contributed by atoms with Gasteiger partial charge in [-0.05, 0) is 18.1 Å². The number of carbonyl (C=O) groups excluding carboxylic acids is 1. The highest BCUT2D eigenvalue weighted by molar-refractivity contribution is 7.99. The lowest BCUT2D eigenvalue weighted by Gasteiger charge is -2.07. The van der Waals surface area contributed by atoms with Gasteiger partial charge in [-0.15, -0.1) is 0 Å². The van der Waals surface area contributed by atoms with Crippen LogP contribution in [0, 0.1) is 5.92 Å². The molecule has 5 nitrogen and oxygen atoms in total. The summed E-state index contributed by atoms with van der Waals surface area (Å²) in [5.41, 5.74) is 0.176. The Hall–Kier alpha value is -1.56. The van der Waals surface area contributed by atoms with Crippen molar-refractivity contribution in [3.8, 4) is 0 Å². The third-order valence-electron chi connectivity index (χ3n) is 2.04. The molecule has 98 valence electrons. The third-order valence-corrected chi connectivity index (χ3v) is 2.97. The number of carboxylic acid groups (broad SMARTS) is 1. The van der Waals surface area contributed by atoms with Crippen LogP contribution in [-0.4, -0.2) is 34.3 Å². The van der Waals surface area contributed by atoms with Gasteiger partial charge in [0.15, 0.2) is 0 Å². The SMILES string of the molecule is CC(C)CNC(=O)CSc1cc(C(=O)O)ccn1. The summed E-state index contributed by atoms with van der Waals surface area (Å²) in [7, 11) is 0. The van der Waals surface area contributed by atoms with Crippen LogP contribution in [0.1, 0.15) is 24.2 Å². The number of aromatic nitrogens is 1. The number of hydrogen-bond donors (Lipinski definition) is 2. The van der Waals surface area contributed by atoms with Gasteiger partial charge < -0.3 is 10.4 Å². The van der Waals surface area contributed by atoms with Gasteiger partial charge in [0.2, 0.25) is 5.91 Å². The largest absolute Gasteiger partial charge is 0.478 e. The second-order valence-electron chi connectivity index (χ2n) is 4.17. The first-order valence-electron chi connectivity index (χ1n) is 5.58. The van der Waals surface area contributed by atoms with Gasteiger partial charge in [0.05, 0.1) is 16.3 Å². The number of carboxylic acids is 1. The number of thioether (sulfide) groups is 1. The van der Waals surface area contributed by atoms with E-state index >= 15 is 0 Å². The maximum atomic E-state index is 11.5. The summed E-state index contributed by atoms with van der Waals surface area (Å²) in [5, 5.41) is 12.1. The van der Waals surface area contributed by atoms with Crippen molar-refractivity contribution in [1.29, 1.82) is 0 Å². The number of aromatic carboxylic acids is 1. The van der Waals surface area contributed by atoms with Gasteiger partial charge in [0.1, 0.15) is 0 Å². The first-order chi connectivity index (χ1) is 8.49. The van der Waals surface area contributed by atoms with Gasteiger partial charge in [-0.2, -0.15) is 0 Å². The van der Waals surface area contributed by atoms with Crippen LogP contribution in [0.5, 0.6) is 0 Å². The van der Waals surface area contributed by atoms with Crippen LogP contribution in [0.3, 0.4) is 0 Å². The van der Waals surface area contributed by atoms with Gasteiger partial charge in [-0.1, -0.05) is 25.6 Å². The van der Waals surface area contributed by atoms with Crippen LogP contribution >= 0.6 is 11.8 Å². The van der Waals surface area contributed by atoms with Gasteiger partial charge in [0, 0.05) is 12.7 Å². The minimum Gasteiger partial charge on any atom is -0.478 e.